The standard InChI is InChI=1S/C9H17N3S/c1-2-3-4-5-6-7-8-11-12-9(10)13/h6-8H,2-5H2,1H3,(H3,10,12,13). The summed E-state index contributed by atoms with van der Waals surface area (Å²) in [7, 11) is 0. The van der Waals surface area contributed by atoms with E-state index >= 15 is 0 Å². The van der Waals surface area contributed by atoms with Crippen molar-refractivity contribution in [3.8, 4) is 0 Å². The Kier molecular flexibility index (Phi) is 8.55. The first-order valence-electron chi connectivity index (χ1n) is 4.51. The van der Waals surface area contributed by atoms with Gasteiger partial charge in [-0.2, -0.15) is 5.10 Å². The van der Waals surface area contributed by atoms with E-state index in [1.54, 1.807) is 6.21 Å². The van der Waals surface area contributed by atoms with Gasteiger partial charge in [0.15, 0.2) is 5.11 Å². The minimum atomic E-state index is 0.190. The van der Waals surface area contributed by atoms with E-state index in [9.17, 15) is 0 Å². The average molecular weight is 199 g/mol. The number of nitrogens with zero attached hydrogens (tertiary/aromatic N) is 1. The molecule has 4 heteroatoms. The third kappa shape index (κ3) is 11.1. The lowest BCUT2D eigenvalue weighted by atomic mass is 10.2. The van der Waals surface area contributed by atoms with Gasteiger partial charge < -0.3 is 5.73 Å². The van der Waals surface area contributed by atoms with Crippen molar-refractivity contribution in [2.75, 3.05) is 0 Å². The van der Waals surface area contributed by atoms with Crippen molar-refractivity contribution in [3.63, 3.8) is 0 Å². The molecule has 0 amide bonds. The first-order chi connectivity index (χ1) is 6.27. The molecule has 3 N–H and O–H groups in total. The average Bonchev–Trinajstić information content (AvgIpc) is 2.09. The molecule has 0 spiro atoms. The lowest BCUT2D eigenvalue weighted by Gasteiger charge is -1.91. The van der Waals surface area contributed by atoms with Crippen LogP contribution in [0.3, 0.4) is 0 Å². The zero-order valence-corrected chi connectivity index (χ0v) is 8.81. The van der Waals surface area contributed by atoms with Crippen LogP contribution in [0, 0.1) is 0 Å². The first kappa shape index (κ1) is 12.1. The van der Waals surface area contributed by atoms with E-state index in [1.807, 2.05) is 6.08 Å². The summed E-state index contributed by atoms with van der Waals surface area (Å²) in [5, 5.41) is 3.95. The molecule has 0 rings (SSSR count). The largest absolute Gasteiger partial charge is 0.375 e. The predicted octanol–water partition coefficient (Wildman–Crippen LogP) is 1.94. The van der Waals surface area contributed by atoms with Crippen LogP contribution in [0.4, 0.5) is 0 Å². The van der Waals surface area contributed by atoms with E-state index in [1.165, 1.54) is 19.3 Å². The van der Waals surface area contributed by atoms with E-state index in [4.69, 9.17) is 5.73 Å². The summed E-state index contributed by atoms with van der Waals surface area (Å²) in [5.74, 6) is 0. The number of hydrogen-bond donors (Lipinski definition) is 2. The van der Waals surface area contributed by atoms with Crippen LogP contribution < -0.4 is 11.2 Å². The Morgan fingerprint density at radius 3 is 2.92 bits per heavy atom. The molecule has 0 aromatic carbocycles. The molecule has 0 fully saturated rings. The summed E-state index contributed by atoms with van der Waals surface area (Å²) in [6, 6.07) is 0. The molecule has 0 heterocycles. The van der Waals surface area contributed by atoms with Crippen molar-refractivity contribution in [3.05, 3.63) is 12.2 Å². The van der Waals surface area contributed by atoms with Gasteiger partial charge in [0.1, 0.15) is 0 Å². The van der Waals surface area contributed by atoms with Crippen LogP contribution in [0.5, 0.6) is 0 Å². The Bertz CT molecular complexity index is 187. The van der Waals surface area contributed by atoms with Crippen molar-refractivity contribution < 1.29 is 0 Å². The number of hydrazone groups is 1. The second kappa shape index (κ2) is 9.19. The van der Waals surface area contributed by atoms with Gasteiger partial charge in [0.2, 0.25) is 0 Å². The lowest BCUT2D eigenvalue weighted by Crippen LogP contribution is -2.23. The molecule has 0 saturated heterocycles. The Labute approximate surface area is 85.1 Å². The molecule has 3 nitrogen and oxygen atoms in total. The highest BCUT2D eigenvalue weighted by atomic mass is 32.1. The zero-order chi connectivity index (χ0) is 9.94. The minimum Gasteiger partial charge on any atom is -0.375 e. The molecule has 0 bridgehead atoms. The molecule has 0 saturated carbocycles. The summed E-state index contributed by atoms with van der Waals surface area (Å²) in [5.41, 5.74) is 7.63. The van der Waals surface area contributed by atoms with Gasteiger partial charge in [-0.3, -0.25) is 5.43 Å². The molecule has 0 unspecified atom stereocenters. The summed E-state index contributed by atoms with van der Waals surface area (Å²) in [6.07, 6.45) is 10.5. The Morgan fingerprint density at radius 2 is 2.31 bits per heavy atom. The van der Waals surface area contributed by atoms with Crippen LogP contribution in [0.15, 0.2) is 17.3 Å². The van der Waals surface area contributed by atoms with Gasteiger partial charge in [0.05, 0.1) is 0 Å². The van der Waals surface area contributed by atoms with Crippen molar-refractivity contribution in [1.29, 1.82) is 0 Å². The number of hydrogen-bond acceptors (Lipinski definition) is 2. The summed E-state index contributed by atoms with van der Waals surface area (Å²) in [4.78, 5) is 0. The topological polar surface area (TPSA) is 50.4 Å². The van der Waals surface area contributed by atoms with Crippen LogP contribution in [-0.2, 0) is 0 Å². The van der Waals surface area contributed by atoms with Crippen LogP contribution in [0.25, 0.3) is 0 Å². The van der Waals surface area contributed by atoms with Crippen molar-refractivity contribution in [1.82, 2.24) is 5.43 Å². The highest BCUT2D eigenvalue weighted by molar-refractivity contribution is 7.80. The monoisotopic (exact) mass is 199 g/mol. The van der Waals surface area contributed by atoms with Gasteiger partial charge in [-0.25, -0.2) is 0 Å². The number of thiocarbonyl (C=S) groups is 1. The Morgan fingerprint density at radius 1 is 1.54 bits per heavy atom. The molecule has 0 aliphatic rings. The highest BCUT2D eigenvalue weighted by Crippen LogP contribution is 1.98. The van der Waals surface area contributed by atoms with Crippen LogP contribution in [0.1, 0.15) is 32.6 Å². The minimum absolute atomic E-state index is 0.190. The number of nitrogens with one attached hydrogen (secondary N) is 1. The maximum atomic E-state index is 5.16. The van der Waals surface area contributed by atoms with Gasteiger partial charge in [-0.05, 0) is 31.1 Å². The van der Waals surface area contributed by atoms with Crippen LogP contribution >= 0.6 is 12.2 Å². The number of rotatable bonds is 6. The van der Waals surface area contributed by atoms with Crippen LogP contribution in [-0.4, -0.2) is 11.3 Å². The smallest absolute Gasteiger partial charge is 0.184 e. The number of allylic oxidation sites excluding steroid dienone is 2. The zero-order valence-electron chi connectivity index (χ0n) is 7.99. The van der Waals surface area contributed by atoms with E-state index in [-0.39, 0.29) is 5.11 Å². The molecule has 0 atom stereocenters. The molecule has 74 valence electrons. The van der Waals surface area contributed by atoms with Crippen molar-refractivity contribution >= 4 is 23.5 Å². The van der Waals surface area contributed by atoms with E-state index < -0.39 is 0 Å². The van der Waals surface area contributed by atoms with E-state index in [0.717, 1.165) is 6.42 Å². The maximum absolute atomic E-state index is 5.16. The van der Waals surface area contributed by atoms with Crippen molar-refractivity contribution in [2.45, 2.75) is 32.6 Å². The Balaban J connectivity index is 3.29. The fourth-order valence-corrected chi connectivity index (χ4v) is 0.866. The van der Waals surface area contributed by atoms with Gasteiger partial charge in [0.25, 0.3) is 0 Å². The molecule has 0 aliphatic heterocycles. The van der Waals surface area contributed by atoms with Crippen molar-refractivity contribution in [2.24, 2.45) is 10.8 Å². The summed E-state index contributed by atoms with van der Waals surface area (Å²) >= 11 is 4.56. The molecule has 0 aromatic rings. The lowest BCUT2D eigenvalue weighted by molar-refractivity contribution is 0.729. The molecule has 0 aromatic heterocycles. The quantitative estimate of drug-likeness (QED) is 0.297. The fourth-order valence-electron chi connectivity index (χ4n) is 0.813. The third-order valence-electron chi connectivity index (χ3n) is 1.45. The molecule has 0 radical (unpaired) electrons. The Hall–Kier alpha value is -0.900. The summed E-state index contributed by atoms with van der Waals surface area (Å²) < 4.78 is 0. The molecule has 13 heavy (non-hydrogen) atoms. The number of nitrogens with two attached hydrogens (primary N) is 1. The highest BCUT2D eigenvalue weighted by Gasteiger charge is 1.80. The van der Waals surface area contributed by atoms with Gasteiger partial charge >= 0.3 is 0 Å². The molecular formula is C9H17N3S. The number of unbranched alkanes of at least 4 members (excludes halogenated alkanes) is 3. The fraction of sp³-hybridized carbons (Fsp3) is 0.556. The first-order valence-corrected chi connectivity index (χ1v) is 4.91. The normalized spacial score (nSPS) is 11.2. The SMILES string of the molecule is CCCCCC=CC=NNC(N)=S. The molecule has 0 aliphatic carbocycles. The van der Waals surface area contributed by atoms with E-state index in [0.29, 0.717) is 0 Å². The second-order valence-electron chi connectivity index (χ2n) is 2.68. The van der Waals surface area contributed by atoms with Gasteiger partial charge in [-0.15, -0.1) is 0 Å². The third-order valence-corrected chi connectivity index (χ3v) is 1.54. The summed E-state index contributed by atoms with van der Waals surface area (Å²) in [6.45, 7) is 2.19. The van der Waals surface area contributed by atoms with Gasteiger partial charge in [0, 0.05) is 6.21 Å². The second-order valence-corrected chi connectivity index (χ2v) is 3.12. The van der Waals surface area contributed by atoms with Gasteiger partial charge in [-0.1, -0.05) is 25.8 Å². The van der Waals surface area contributed by atoms with E-state index in [2.05, 4.69) is 35.7 Å². The van der Waals surface area contributed by atoms with Crippen LogP contribution in [0.2, 0.25) is 0 Å². The predicted molar refractivity (Wildman–Crippen MR) is 61.7 cm³/mol. The molecular weight excluding hydrogens is 182 g/mol. The maximum Gasteiger partial charge on any atom is 0.184 e.